The quantitative estimate of drug-likeness (QED) is 0.851. The SMILES string of the molecule is Cn1cc(CN2CCOCC2)c2cc(Br)cnc21. The number of rotatable bonds is 2. The molecule has 1 fully saturated rings. The van der Waals surface area contributed by atoms with E-state index in [0.29, 0.717) is 0 Å². The minimum absolute atomic E-state index is 0.840. The summed E-state index contributed by atoms with van der Waals surface area (Å²) in [5.41, 5.74) is 2.38. The van der Waals surface area contributed by atoms with E-state index in [0.717, 1.165) is 43.0 Å². The monoisotopic (exact) mass is 309 g/mol. The summed E-state index contributed by atoms with van der Waals surface area (Å²) >= 11 is 3.50. The maximum atomic E-state index is 5.38. The van der Waals surface area contributed by atoms with Crippen molar-refractivity contribution in [2.45, 2.75) is 6.54 Å². The predicted octanol–water partition coefficient (Wildman–Crippen LogP) is 2.17. The molecule has 0 saturated carbocycles. The first kappa shape index (κ1) is 12.1. The van der Waals surface area contributed by atoms with E-state index < -0.39 is 0 Å². The van der Waals surface area contributed by atoms with Crippen molar-refractivity contribution in [2.24, 2.45) is 7.05 Å². The van der Waals surface area contributed by atoms with E-state index in [1.54, 1.807) is 0 Å². The number of halogens is 1. The van der Waals surface area contributed by atoms with Crippen LogP contribution in [-0.2, 0) is 18.3 Å². The summed E-state index contributed by atoms with van der Waals surface area (Å²) in [4.78, 5) is 6.90. The van der Waals surface area contributed by atoms with Gasteiger partial charge < -0.3 is 9.30 Å². The van der Waals surface area contributed by atoms with Crippen molar-refractivity contribution >= 4 is 27.0 Å². The minimum Gasteiger partial charge on any atom is -0.379 e. The molecule has 0 aliphatic carbocycles. The zero-order valence-electron chi connectivity index (χ0n) is 10.4. The van der Waals surface area contributed by atoms with E-state index in [9.17, 15) is 0 Å². The Morgan fingerprint density at radius 2 is 2.17 bits per heavy atom. The molecule has 0 radical (unpaired) electrons. The van der Waals surface area contributed by atoms with Gasteiger partial charge in [-0.15, -0.1) is 0 Å². The Labute approximate surface area is 115 Å². The normalized spacial score (nSPS) is 17.4. The number of fused-ring (bicyclic) bond motifs is 1. The summed E-state index contributed by atoms with van der Waals surface area (Å²) in [6.07, 6.45) is 4.03. The molecule has 1 aliphatic rings. The summed E-state index contributed by atoms with van der Waals surface area (Å²) in [7, 11) is 2.05. The first-order valence-electron chi connectivity index (χ1n) is 6.13. The zero-order chi connectivity index (χ0) is 12.5. The Hall–Kier alpha value is -0.910. The van der Waals surface area contributed by atoms with Gasteiger partial charge in [0.05, 0.1) is 13.2 Å². The molecule has 3 heterocycles. The molecule has 1 aliphatic heterocycles. The summed E-state index contributed by atoms with van der Waals surface area (Å²) in [5.74, 6) is 0. The lowest BCUT2D eigenvalue weighted by atomic mass is 10.2. The maximum absolute atomic E-state index is 5.38. The fourth-order valence-electron chi connectivity index (χ4n) is 2.44. The van der Waals surface area contributed by atoms with E-state index in [2.05, 4.69) is 42.6 Å². The van der Waals surface area contributed by atoms with Crippen LogP contribution in [0.2, 0.25) is 0 Å². The number of aryl methyl sites for hydroxylation is 1. The highest BCUT2D eigenvalue weighted by Gasteiger charge is 2.14. The van der Waals surface area contributed by atoms with Gasteiger partial charge in [-0.3, -0.25) is 4.90 Å². The molecule has 4 nitrogen and oxygen atoms in total. The summed E-state index contributed by atoms with van der Waals surface area (Å²) in [6.45, 7) is 4.67. The van der Waals surface area contributed by atoms with Gasteiger partial charge >= 0.3 is 0 Å². The molecule has 2 aromatic heterocycles. The van der Waals surface area contributed by atoms with Crippen molar-refractivity contribution in [2.75, 3.05) is 26.3 Å². The molecule has 0 unspecified atom stereocenters. The van der Waals surface area contributed by atoms with E-state index in [-0.39, 0.29) is 0 Å². The summed E-state index contributed by atoms with van der Waals surface area (Å²) in [5, 5.41) is 1.23. The molecular weight excluding hydrogens is 294 g/mol. The van der Waals surface area contributed by atoms with E-state index in [1.165, 1.54) is 10.9 Å². The minimum atomic E-state index is 0.840. The topological polar surface area (TPSA) is 30.3 Å². The molecule has 0 N–H and O–H groups in total. The molecule has 2 aromatic rings. The van der Waals surface area contributed by atoms with Crippen molar-refractivity contribution in [3.05, 3.63) is 28.5 Å². The van der Waals surface area contributed by atoms with Crippen LogP contribution in [0.25, 0.3) is 11.0 Å². The Morgan fingerprint density at radius 1 is 1.39 bits per heavy atom. The highest BCUT2D eigenvalue weighted by molar-refractivity contribution is 9.10. The van der Waals surface area contributed by atoms with Gasteiger partial charge in [-0.1, -0.05) is 0 Å². The van der Waals surface area contributed by atoms with Crippen LogP contribution in [0.1, 0.15) is 5.56 Å². The molecule has 5 heteroatoms. The van der Waals surface area contributed by atoms with Crippen molar-refractivity contribution in [1.82, 2.24) is 14.5 Å². The lowest BCUT2D eigenvalue weighted by molar-refractivity contribution is 0.0343. The van der Waals surface area contributed by atoms with Crippen LogP contribution >= 0.6 is 15.9 Å². The van der Waals surface area contributed by atoms with Gasteiger partial charge in [-0.05, 0) is 27.6 Å². The molecule has 1 saturated heterocycles. The van der Waals surface area contributed by atoms with Crippen LogP contribution in [0.3, 0.4) is 0 Å². The number of hydrogen-bond acceptors (Lipinski definition) is 3. The summed E-state index contributed by atoms with van der Waals surface area (Å²) < 4.78 is 8.51. The van der Waals surface area contributed by atoms with Gasteiger partial charge in [0.1, 0.15) is 5.65 Å². The van der Waals surface area contributed by atoms with E-state index in [4.69, 9.17) is 4.74 Å². The lowest BCUT2D eigenvalue weighted by Crippen LogP contribution is -2.35. The molecule has 0 amide bonds. The van der Waals surface area contributed by atoms with Crippen LogP contribution in [0.4, 0.5) is 0 Å². The predicted molar refractivity (Wildman–Crippen MR) is 74.5 cm³/mol. The first-order chi connectivity index (χ1) is 8.74. The van der Waals surface area contributed by atoms with Crippen molar-refractivity contribution in [3.63, 3.8) is 0 Å². The maximum Gasteiger partial charge on any atom is 0.139 e. The average Bonchev–Trinajstić information content (AvgIpc) is 2.67. The van der Waals surface area contributed by atoms with Crippen LogP contribution < -0.4 is 0 Å². The van der Waals surface area contributed by atoms with E-state index in [1.807, 2.05) is 13.2 Å². The number of nitrogens with zero attached hydrogens (tertiary/aromatic N) is 3. The molecule has 0 atom stereocenters. The van der Waals surface area contributed by atoms with Crippen LogP contribution in [0.5, 0.6) is 0 Å². The Morgan fingerprint density at radius 3 is 2.94 bits per heavy atom. The number of aromatic nitrogens is 2. The second-order valence-corrected chi connectivity index (χ2v) is 5.59. The fraction of sp³-hybridized carbons (Fsp3) is 0.462. The number of morpholine rings is 1. The second-order valence-electron chi connectivity index (χ2n) is 4.68. The van der Waals surface area contributed by atoms with Gasteiger partial charge in [0.25, 0.3) is 0 Å². The molecule has 18 heavy (non-hydrogen) atoms. The second kappa shape index (κ2) is 4.99. The number of pyridine rings is 1. The molecule has 3 rings (SSSR count). The fourth-order valence-corrected chi connectivity index (χ4v) is 2.77. The standard InChI is InChI=1S/C13H16BrN3O/c1-16-8-10(9-17-2-4-18-5-3-17)12-6-11(14)7-15-13(12)16/h6-8H,2-5,9H2,1H3. The third kappa shape index (κ3) is 2.30. The van der Waals surface area contributed by atoms with Gasteiger partial charge in [0, 0.05) is 48.9 Å². The van der Waals surface area contributed by atoms with Crippen LogP contribution in [-0.4, -0.2) is 40.8 Å². The third-order valence-corrected chi connectivity index (χ3v) is 3.79. The number of ether oxygens (including phenoxy) is 1. The van der Waals surface area contributed by atoms with Gasteiger partial charge in [-0.2, -0.15) is 0 Å². The Bertz CT molecular complexity index is 561. The average molecular weight is 310 g/mol. The van der Waals surface area contributed by atoms with Crippen LogP contribution in [0, 0.1) is 0 Å². The Kier molecular flexibility index (Phi) is 3.37. The largest absolute Gasteiger partial charge is 0.379 e. The van der Waals surface area contributed by atoms with Gasteiger partial charge in [0.15, 0.2) is 0 Å². The summed E-state index contributed by atoms with van der Waals surface area (Å²) in [6, 6.07) is 2.15. The first-order valence-corrected chi connectivity index (χ1v) is 6.93. The van der Waals surface area contributed by atoms with Crippen LogP contribution in [0.15, 0.2) is 22.9 Å². The molecule has 0 aromatic carbocycles. The smallest absolute Gasteiger partial charge is 0.139 e. The molecule has 96 valence electrons. The highest BCUT2D eigenvalue weighted by Crippen LogP contribution is 2.23. The number of hydrogen-bond donors (Lipinski definition) is 0. The molecule has 0 bridgehead atoms. The zero-order valence-corrected chi connectivity index (χ0v) is 12.0. The van der Waals surface area contributed by atoms with Gasteiger partial charge in [-0.25, -0.2) is 4.98 Å². The molecule has 0 spiro atoms. The van der Waals surface area contributed by atoms with E-state index >= 15 is 0 Å². The third-order valence-electron chi connectivity index (χ3n) is 3.36. The van der Waals surface area contributed by atoms with Crippen molar-refractivity contribution in [1.29, 1.82) is 0 Å². The highest BCUT2D eigenvalue weighted by atomic mass is 79.9. The Balaban J connectivity index is 1.93. The molecular formula is C13H16BrN3O. The van der Waals surface area contributed by atoms with Crippen molar-refractivity contribution in [3.8, 4) is 0 Å². The van der Waals surface area contributed by atoms with Gasteiger partial charge in [0.2, 0.25) is 0 Å². The lowest BCUT2D eigenvalue weighted by Gasteiger charge is -2.26. The van der Waals surface area contributed by atoms with Crippen molar-refractivity contribution < 1.29 is 4.74 Å².